The van der Waals surface area contributed by atoms with Crippen LogP contribution in [0.25, 0.3) is 0 Å². The van der Waals surface area contributed by atoms with E-state index < -0.39 is 6.10 Å². The maximum Gasteiger partial charge on any atom is 0.348 e. The van der Waals surface area contributed by atoms with Crippen LogP contribution in [0.1, 0.15) is 40.9 Å². The molecule has 0 aromatic carbocycles. The molecule has 5 nitrogen and oxygen atoms in total. The number of aliphatic hydroxyl groups excluding tert-OH is 1. The zero-order valence-corrected chi connectivity index (χ0v) is 13.4. The monoisotopic (exact) mass is 313 g/mol. The van der Waals surface area contributed by atoms with Gasteiger partial charge in [0, 0.05) is 24.5 Å². The van der Waals surface area contributed by atoms with Gasteiger partial charge in [-0.3, -0.25) is 4.90 Å². The largest absolute Gasteiger partial charge is 0.459 e. The lowest BCUT2D eigenvalue weighted by Gasteiger charge is -2.27. The fourth-order valence-electron chi connectivity index (χ4n) is 2.19. The standard InChI is InChI=1S/C15H23NO4S/c1-11(2)20-15(18)14-4-3-13(21-14)12(17)5-6-16-7-9-19-10-8-16/h3-4,11-12,17H,5-10H2,1-2H3. The lowest BCUT2D eigenvalue weighted by Crippen LogP contribution is -2.37. The molecule has 0 radical (unpaired) electrons. The minimum absolute atomic E-state index is 0.130. The van der Waals surface area contributed by atoms with E-state index in [1.54, 1.807) is 6.07 Å². The second kappa shape index (κ2) is 7.89. The molecular weight excluding hydrogens is 290 g/mol. The van der Waals surface area contributed by atoms with Crippen molar-refractivity contribution in [2.75, 3.05) is 32.8 Å². The first kappa shape index (κ1) is 16.4. The first-order chi connectivity index (χ1) is 10.1. The first-order valence-corrected chi connectivity index (χ1v) is 8.17. The Morgan fingerprint density at radius 1 is 1.43 bits per heavy atom. The number of aliphatic hydroxyl groups is 1. The van der Waals surface area contributed by atoms with Crippen LogP contribution >= 0.6 is 11.3 Å². The van der Waals surface area contributed by atoms with Crippen LogP contribution in [0.2, 0.25) is 0 Å². The summed E-state index contributed by atoms with van der Waals surface area (Å²) in [5, 5.41) is 10.2. The Morgan fingerprint density at radius 2 is 2.14 bits per heavy atom. The van der Waals surface area contributed by atoms with Crippen molar-refractivity contribution in [3.63, 3.8) is 0 Å². The summed E-state index contributed by atoms with van der Waals surface area (Å²) >= 11 is 1.31. The van der Waals surface area contributed by atoms with E-state index >= 15 is 0 Å². The highest BCUT2D eigenvalue weighted by Gasteiger charge is 2.18. The molecule has 0 amide bonds. The van der Waals surface area contributed by atoms with Crippen molar-refractivity contribution in [3.05, 3.63) is 21.9 Å². The number of carbonyl (C=O) groups is 1. The molecule has 2 heterocycles. The summed E-state index contributed by atoms with van der Waals surface area (Å²) in [6, 6.07) is 3.54. The minimum Gasteiger partial charge on any atom is -0.459 e. The van der Waals surface area contributed by atoms with E-state index in [4.69, 9.17) is 9.47 Å². The van der Waals surface area contributed by atoms with Gasteiger partial charge in [0.25, 0.3) is 0 Å². The number of thiophene rings is 1. The molecule has 0 saturated carbocycles. The predicted octanol–water partition coefficient (Wildman–Crippen LogP) is 2.07. The molecule has 1 unspecified atom stereocenters. The second-order valence-corrected chi connectivity index (χ2v) is 6.53. The van der Waals surface area contributed by atoms with Crippen molar-refractivity contribution in [3.8, 4) is 0 Å². The van der Waals surface area contributed by atoms with Gasteiger partial charge in [0.2, 0.25) is 0 Å². The summed E-state index contributed by atoms with van der Waals surface area (Å²) < 4.78 is 10.5. The average Bonchev–Trinajstić information content (AvgIpc) is 2.95. The van der Waals surface area contributed by atoms with Crippen LogP contribution in [0.4, 0.5) is 0 Å². The molecule has 21 heavy (non-hydrogen) atoms. The highest BCUT2D eigenvalue weighted by molar-refractivity contribution is 7.14. The summed E-state index contributed by atoms with van der Waals surface area (Å²) in [4.78, 5) is 15.4. The number of nitrogens with zero attached hydrogens (tertiary/aromatic N) is 1. The Kier molecular flexibility index (Phi) is 6.17. The third kappa shape index (κ3) is 5.07. The van der Waals surface area contributed by atoms with Gasteiger partial charge < -0.3 is 14.6 Å². The van der Waals surface area contributed by atoms with Gasteiger partial charge in [-0.2, -0.15) is 0 Å². The maximum absolute atomic E-state index is 11.8. The Morgan fingerprint density at radius 3 is 2.81 bits per heavy atom. The van der Waals surface area contributed by atoms with E-state index in [0.29, 0.717) is 11.3 Å². The molecule has 1 aliphatic rings. The van der Waals surface area contributed by atoms with Crippen molar-refractivity contribution in [2.24, 2.45) is 0 Å². The van der Waals surface area contributed by atoms with Gasteiger partial charge >= 0.3 is 5.97 Å². The van der Waals surface area contributed by atoms with E-state index in [1.165, 1.54) is 11.3 Å². The minimum atomic E-state index is -0.529. The summed E-state index contributed by atoms with van der Waals surface area (Å²) in [6.45, 7) is 7.86. The van der Waals surface area contributed by atoms with E-state index in [2.05, 4.69) is 4.90 Å². The Labute approximate surface area is 129 Å². The third-order valence-electron chi connectivity index (χ3n) is 3.32. The van der Waals surface area contributed by atoms with Gasteiger partial charge in [0.1, 0.15) is 4.88 Å². The van der Waals surface area contributed by atoms with Crippen LogP contribution in [0.5, 0.6) is 0 Å². The zero-order valence-electron chi connectivity index (χ0n) is 12.6. The summed E-state index contributed by atoms with van der Waals surface area (Å²) in [7, 11) is 0. The van der Waals surface area contributed by atoms with E-state index in [-0.39, 0.29) is 12.1 Å². The number of carbonyl (C=O) groups excluding carboxylic acids is 1. The molecule has 1 aliphatic heterocycles. The summed E-state index contributed by atoms with van der Waals surface area (Å²) in [5.41, 5.74) is 0. The molecule has 1 fully saturated rings. The SMILES string of the molecule is CC(C)OC(=O)c1ccc(C(O)CCN2CCOCC2)s1. The van der Waals surface area contributed by atoms with Crippen LogP contribution in [-0.4, -0.2) is 54.9 Å². The normalized spacial score (nSPS) is 17.9. The van der Waals surface area contributed by atoms with Gasteiger partial charge in [0.15, 0.2) is 0 Å². The molecule has 0 bridgehead atoms. The number of hydrogen-bond donors (Lipinski definition) is 1. The molecule has 0 aliphatic carbocycles. The highest BCUT2D eigenvalue weighted by Crippen LogP contribution is 2.26. The Balaban J connectivity index is 1.83. The number of hydrogen-bond acceptors (Lipinski definition) is 6. The summed E-state index contributed by atoms with van der Waals surface area (Å²) in [6.07, 6.45) is 0.00635. The Bertz CT molecular complexity index is 454. The summed E-state index contributed by atoms with van der Waals surface area (Å²) in [5.74, 6) is -0.318. The molecule has 2 rings (SSSR count). The molecule has 118 valence electrons. The number of rotatable bonds is 6. The van der Waals surface area contributed by atoms with Crippen molar-refractivity contribution in [2.45, 2.75) is 32.5 Å². The highest BCUT2D eigenvalue weighted by atomic mass is 32.1. The third-order valence-corrected chi connectivity index (χ3v) is 4.49. The first-order valence-electron chi connectivity index (χ1n) is 7.35. The van der Waals surface area contributed by atoms with Crippen LogP contribution < -0.4 is 0 Å². The fraction of sp³-hybridized carbons (Fsp3) is 0.667. The van der Waals surface area contributed by atoms with Gasteiger partial charge in [-0.1, -0.05) is 0 Å². The molecule has 1 aromatic heterocycles. The molecule has 6 heteroatoms. The Hall–Kier alpha value is -0.950. The topological polar surface area (TPSA) is 59.0 Å². The van der Waals surface area contributed by atoms with E-state index in [9.17, 15) is 9.90 Å². The maximum atomic E-state index is 11.8. The quantitative estimate of drug-likeness (QED) is 0.815. The molecular formula is C15H23NO4S. The van der Waals surface area contributed by atoms with Crippen LogP contribution in [0, 0.1) is 0 Å². The van der Waals surface area contributed by atoms with E-state index in [0.717, 1.165) is 37.7 Å². The molecule has 0 spiro atoms. The van der Waals surface area contributed by atoms with Gasteiger partial charge in [0.05, 0.1) is 25.4 Å². The van der Waals surface area contributed by atoms with E-state index in [1.807, 2.05) is 19.9 Å². The number of ether oxygens (including phenoxy) is 2. The van der Waals surface area contributed by atoms with Crippen molar-refractivity contribution >= 4 is 17.3 Å². The number of esters is 1. The average molecular weight is 313 g/mol. The van der Waals surface area contributed by atoms with Crippen LogP contribution in [-0.2, 0) is 9.47 Å². The van der Waals surface area contributed by atoms with Crippen LogP contribution in [0.15, 0.2) is 12.1 Å². The molecule has 1 N–H and O–H groups in total. The van der Waals surface area contributed by atoms with Gasteiger partial charge in [-0.15, -0.1) is 11.3 Å². The van der Waals surface area contributed by atoms with Gasteiger partial charge in [-0.05, 0) is 32.4 Å². The van der Waals surface area contributed by atoms with Gasteiger partial charge in [-0.25, -0.2) is 4.79 Å². The lowest BCUT2D eigenvalue weighted by atomic mass is 10.2. The van der Waals surface area contributed by atoms with Crippen molar-refractivity contribution in [1.29, 1.82) is 0 Å². The molecule has 1 aromatic rings. The smallest absolute Gasteiger partial charge is 0.348 e. The van der Waals surface area contributed by atoms with Crippen LogP contribution in [0.3, 0.4) is 0 Å². The molecule has 1 saturated heterocycles. The van der Waals surface area contributed by atoms with Crippen molar-refractivity contribution < 1.29 is 19.4 Å². The van der Waals surface area contributed by atoms with Crippen molar-refractivity contribution in [1.82, 2.24) is 4.90 Å². The fourth-order valence-corrected chi connectivity index (χ4v) is 3.10. The predicted molar refractivity (Wildman–Crippen MR) is 81.7 cm³/mol. The second-order valence-electron chi connectivity index (χ2n) is 5.41. The number of morpholine rings is 1. The zero-order chi connectivity index (χ0) is 15.2. The molecule has 1 atom stereocenters. The lowest BCUT2D eigenvalue weighted by molar-refractivity contribution is 0.0303.